The fourth-order valence-electron chi connectivity index (χ4n) is 2.19. The quantitative estimate of drug-likeness (QED) is 0.817. The van der Waals surface area contributed by atoms with Gasteiger partial charge in [-0.3, -0.25) is 0 Å². The number of hydrogen-bond acceptors (Lipinski definition) is 2. The predicted molar refractivity (Wildman–Crippen MR) is 87.6 cm³/mol. The van der Waals surface area contributed by atoms with E-state index in [1.54, 1.807) is 13.2 Å². The third-order valence-corrected chi connectivity index (χ3v) is 4.34. The highest BCUT2D eigenvalue weighted by molar-refractivity contribution is 9.10. The molecule has 0 spiro atoms. The largest absolute Gasteiger partial charge is 0.496 e. The van der Waals surface area contributed by atoms with Gasteiger partial charge in [0.15, 0.2) is 0 Å². The maximum absolute atomic E-state index is 13.1. The third-order valence-electron chi connectivity index (χ3n) is 3.37. The molecule has 1 N–H and O–H groups in total. The molecular weight excluding hydrogens is 357 g/mol. The Morgan fingerprint density at radius 1 is 1.29 bits per heavy atom. The molecule has 1 atom stereocenters. The van der Waals surface area contributed by atoms with Crippen LogP contribution in [0.2, 0.25) is 5.02 Å². The Morgan fingerprint density at radius 3 is 2.62 bits per heavy atom. The van der Waals surface area contributed by atoms with Crippen molar-refractivity contribution >= 4 is 27.5 Å². The lowest BCUT2D eigenvalue weighted by Crippen LogP contribution is -2.19. The van der Waals surface area contributed by atoms with Crippen molar-refractivity contribution in [1.82, 2.24) is 5.32 Å². The Bertz CT molecular complexity index is 636. The molecule has 0 aliphatic carbocycles. The van der Waals surface area contributed by atoms with Crippen LogP contribution in [0.1, 0.15) is 17.2 Å². The first-order valence-corrected chi connectivity index (χ1v) is 7.67. The van der Waals surface area contributed by atoms with E-state index in [1.807, 2.05) is 25.2 Å². The molecule has 0 fully saturated rings. The van der Waals surface area contributed by atoms with Crippen molar-refractivity contribution in [2.24, 2.45) is 0 Å². The van der Waals surface area contributed by atoms with Crippen LogP contribution in [-0.4, -0.2) is 14.2 Å². The number of hydrogen-bond donors (Lipinski definition) is 1. The van der Waals surface area contributed by atoms with Crippen LogP contribution in [0.15, 0.2) is 40.9 Å². The molecule has 2 aromatic rings. The molecule has 0 aromatic heterocycles. The number of halogens is 3. The Morgan fingerprint density at radius 2 is 2.05 bits per heavy atom. The van der Waals surface area contributed by atoms with E-state index in [9.17, 15) is 4.39 Å². The molecule has 0 saturated heterocycles. The number of ether oxygens (including phenoxy) is 1. The average Bonchev–Trinajstić information content (AvgIpc) is 2.46. The predicted octanol–water partition coefficient (Wildman–Crippen LogP) is 4.75. The molecule has 0 radical (unpaired) electrons. The van der Waals surface area contributed by atoms with Gasteiger partial charge in [0, 0.05) is 11.1 Å². The van der Waals surface area contributed by atoms with Gasteiger partial charge in [0.05, 0.1) is 11.6 Å². The molecule has 0 aliphatic rings. The van der Waals surface area contributed by atoms with E-state index in [0.29, 0.717) is 11.4 Å². The summed E-state index contributed by atoms with van der Waals surface area (Å²) in [6, 6.07) is 10.5. The Kier molecular flexibility index (Phi) is 5.62. The zero-order chi connectivity index (χ0) is 15.4. The van der Waals surface area contributed by atoms with E-state index < -0.39 is 0 Å². The van der Waals surface area contributed by atoms with E-state index in [2.05, 4.69) is 21.2 Å². The first kappa shape index (κ1) is 16.3. The second-order valence-corrected chi connectivity index (χ2v) is 5.94. The lowest BCUT2D eigenvalue weighted by Gasteiger charge is -2.18. The standard InChI is InChI=1S/C16H16BrClFNO/c1-20-15(8-10-3-5-12(19)9-14(10)18)11-4-6-16(21-2)13(17)7-11/h3-7,9,15,20H,8H2,1-2H3. The molecule has 21 heavy (non-hydrogen) atoms. The van der Waals surface area contributed by atoms with Gasteiger partial charge in [-0.05, 0) is 64.8 Å². The first-order chi connectivity index (χ1) is 10.0. The van der Waals surface area contributed by atoms with Crippen LogP contribution in [-0.2, 0) is 6.42 Å². The van der Waals surface area contributed by atoms with Crippen molar-refractivity contribution in [2.45, 2.75) is 12.5 Å². The number of rotatable bonds is 5. The summed E-state index contributed by atoms with van der Waals surface area (Å²) in [6.45, 7) is 0. The highest BCUT2D eigenvalue weighted by Gasteiger charge is 2.14. The summed E-state index contributed by atoms with van der Waals surface area (Å²) in [5, 5.41) is 3.71. The van der Waals surface area contributed by atoms with Crippen LogP contribution in [0.5, 0.6) is 5.75 Å². The molecule has 5 heteroatoms. The molecule has 0 aliphatic heterocycles. The molecule has 2 nitrogen and oxygen atoms in total. The molecule has 2 aromatic carbocycles. The number of methoxy groups -OCH3 is 1. The van der Waals surface area contributed by atoms with Crippen molar-refractivity contribution in [2.75, 3.05) is 14.2 Å². The second kappa shape index (κ2) is 7.25. The molecular formula is C16H16BrClFNO. The zero-order valence-electron chi connectivity index (χ0n) is 11.8. The lowest BCUT2D eigenvalue weighted by atomic mass is 9.99. The fourth-order valence-corrected chi connectivity index (χ4v) is 3.00. The van der Waals surface area contributed by atoms with Crippen LogP contribution < -0.4 is 10.1 Å². The van der Waals surface area contributed by atoms with Gasteiger partial charge in [-0.2, -0.15) is 0 Å². The van der Waals surface area contributed by atoms with Crippen LogP contribution >= 0.6 is 27.5 Å². The molecule has 1 unspecified atom stereocenters. The summed E-state index contributed by atoms with van der Waals surface area (Å²) in [6.07, 6.45) is 0.675. The van der Waals surface area contributed by atoms with Gasteiger partial charge in [0.25, 0.3) is 0 Å². The summed E-state index contributed by atoms with van der Waals surface area (Å²) < 4.78 is 19.2. The molecule has 0 saturated carbocycles. The van der Waals surface area contributed by atoms with Gasteiger partial charge in [-0.15, -0.1) is 0 Å². The summed E-state index contributed by atoms with van der Waals surface area (Å²) >= 11 is 9.59. The zero-order valence-corrected chi connectivity index (χ0v) is 14.1. The minimum atomic E-state index is -0.322. The van der Waals surface area contributed by atoms with Gasteiger partial charge < -0.3 is 10.1 Å². The van der Waals surface area contributed by atoms with Gasteiger partial charge in [-0.25, -0.2) is 4.39 Å². The number of benzene rings is 2. The monoisotopic (exact) mass is 371 g/mol. The highest BCUT2D eigenvalue weighted by Crippen LogP contribution is 2.30. The van der Waals surface area contributed by atoms with Crippen molar-refractivity contribution < 1.29 is 9.13 Å². The van der Waals surface area contributed by atoms with Crippen LogP contribution in [0, 0.1) is 5.82 Å². The summed E-state index contributed by atoms with van der Waals surface area (Å²) in [4.78, 5) is 0. The van der Waals surface area contributed by atoms with Gasteiger partial charge in [0.1, 0.15) is 11.6 Å². The lowest BCUT2D eigenvalue weighted by molar-refractivity contribution is 0.411. The Balaban J connectivity index is 2.25. The third kappa shape index (κ3) is 3.96. The van der Waals surface area contributed by atoms with Crippen LogP contribution in [0.3, 0.4) is 0 Å². The van der Waals surface area contributed by atoms with E-state index in [-0.39, 0.29) is 11.9 Å². The topological polar surface area (TPSA) is 21.3 Å². The van der Waals surface area contributed by atoms with E-state index in [0.717, 1.165) is 21.3 Å². The van der Waals surface area contributed by atoms with Gasteiger partial charge in [0.2, 0.25) is 0 Å². The maximum Gasteiger partial charge on any atom is 0.133 e. The van der Waals surface area contributed by atoms with Crippen molar-refractivity contribution in [1.29, 1.82) is 0 Å². The molecule has 0 amide bonds. The Labute approximate surface area is 137 Å². The van der Waals surface area contributed by atoms with E-state index in [1.165, 1.54) is 12.1 Å². The normalized spacial score (nSPS) is 12.2. The molecule has 0 bridgehead atoms. The summed E-state index contributed by atoms with van der Waals surface area (Å²) in [5.74, 6) is 0.463. The second-order valence-electron chi connectivity index (χ2n) is 4.68. The van der Waals surface area contributed by atoms with E-state index >= 15 is 0 Å². The Hall–Kier alpha value is -1.10. The van der Waals surface area contributed by atoms with Gasteiger partial charge >= 0.3 is 0 Å². The summed E-state index contributed by atoms with van der Waals surface area (Å²) in [7, 11) is 3.52. The fraction of sp³-hybridized carbons (Fsp3) is 0.250. The number of nitrogens with one attached hydrogen (secondary N) is 1. The minimum absolute atomic E-state index is 0.0789. The molecule has 112 valence electrons. The van der Waals surface area contributed by atoms with Crippen molar-refractivity contribution in [3.8, 4) is 5.75 Å². The van der Waals surface area contributed by atoms with Crippen LogP contribution in [0.4, 0.5) is 4.39 Å². The maximum atomic E-state index is 13.1. The summed E-state index contributed by atoms with van der Waals surface area (Å²) in [5.41, 5.74) is 2.01. The van der Waals surface area contributed by atoms with E-state index in [4.69, 9.17) is 16.3 Å². The van der Waals surface area contributed by atoms with Gasteiger partial charge in [-0.1, -0.05) is 23.7 Å². The van der Waals surface area contributed by atoms with Crippen molar-refractivity contribution in [3.05, 3.63) is 62.8 Å². The number of likely N-dealkylation sites (N-methyl/N-ethyl adjacent to an activating group) is 1. The molecule has 2 rings (SSSR count). The smallest absolute Gasteiger partial charge is 0.133 e. The van der Waals surface area contributed by atoms with Crippen molar-refractivity contribution in [3.63, 3.8) is 0 Å². The average molecular weight is 373 g/mol. The van der Waals surface area contributed by atoms with Crippen LogP contribution in [0.25, 0.3) is 0 Å². The minimum Gasteiger partial charge on any atom is -0.496 e. The molecule has 0 heterocycles. The SMILES string of the molecule is CNC(Cc1ccc(F)cc1Cl)c1ccc(OC)c(Br)c1. The first-order valence-electron chi connectivity index (χ1n) is 6.49. The highest BCUT2D eigenvalue weighted by atomic mass is 79.9.